The zero-order valence-electron chi connectivity index (χ0n) is 22.3. The Morgan fingerprint density at radius 1 is 0.800 bits per heavy atom. The minimum atomic E-state index is -0.157. The van der Waals surface area contributed by atoms with Gasteiger partial charge in [0, 0.05) is 49.0 Å². The molecule has 2 aromatic heterocycles. The topological polar surface area (TPSA) is 174 Å². The van der Waals surface area contributed by atoms with Crippen molar-refractivity contribution in [3.63, 3.8) is 0 Å². The van der Waals surface area contributed by atoms with E-state index in [9.17, 15) is 9.59 Å². The number of carbonyl (C=O) groups is 2. The molecule has 1 amide bonds. The van der Waals surface area contributed by atoms with E-state index in [1.165, 1.54) is 12.8 Å². The van der Waals surface area contributed by atoms with Crippen molar-refractivity contribution in [2.24, 2.45) is 11.8 Å². The van der Waals surface area contributed by atoms with Crippen LogP contribution in [0.5, 0.6) is 0 Å². The highest BCUT2D eigenvalue weighted by Crippen LogP contribution is 2.34. The van der Waals surface area contributed by atoms with Crippen LogP contribution in [0.15, 0.2) is 8.83 Å². The van der Waals surface area contributed by atoms with Crippen LogP contribution >= 0.6 is 11.6 Å². The second kappa shape index (κ2) is 14.3. The normalized spacial score (nSPS) is 18.5. The summed E-state index contributed by atoms with van der Waals surface area (Å²) in [6, 6.07) is 4.13. The minimum absolute atomic E-state index is 0.0477. The van der Waals surface area contributed by atoms with Crippen LogP contribution in [0, 0.1) is 34.5 Å². The zero-order chi connectivity index (χ0) is 28.5. The van der Waals surface area contributed by atoms with Gasteiger partial charge >= 0.3 is 0 Å². The van der Waals surface area contributed by atoms with Gasteiger partial charge in [-0.1, -0.05) is 0 Å². The molecule has 0 aromatic carbocycles. The molecule has 2 saturated carbocycles. The minimum Gasteiger partial charge on any atom is -0.442 e. The number of anilines is 2. The van der Waals surface area contributed by atoms with E-state index in [1.807, 2.05) is 6.07 Å². The van der Waals surface area contributed by atoms with Crippen LogP contribution < -0.4 is 11.1 Å². The maximum absolute atomic E-state index is 11.6. The first-order valence-electron chi connectivity index (χ1n) is 13.5. The average Bonchev–Trinajstić information content (AvgIpc) is 3.87. The smallest absolute Gasteiger partial charge is 0.229 e. The van der Waals surface area contributed by atoms with Crippen LogP contribution in [0.4, 0.5) is 11.8 Å². The number of carbonyl (C=O) groups excluding carboxylic acids is 2. The van der Waals surface area contributed by atoms with Gasteiger partial charge in [-0.2, -0.15) is 10.5 Å². The predicted molar refractivity (Wildman–Crippen MR) is 143 cm³/mol. The molecule has 40 heavy (non-hydrogen) atoms. The summed E-state index contributed by atoms with van der Waals surface area (Å²) in [5.74, 6) is 2.15. The number of amides is 1. The monoisotopic (exact) mass is 572 g/mol. The Morgan fingerprint density at radius 3 is 1.80 bits per heavy atom. The fourth-order valence-corrected chi connectivity index (χ4v) is 4.41. The molecular weight excluding hydrogens is 540 g/mol. The molecule has 214 valence electrons. The molecule has 0 atom stereocenters. The van der Waals surface area contributed by atoms with Gasteiger partial charge in [-0.25, -0.2) is 0 Å². The molecule has 5 heterocycles. The van der Waals surface area contributed by atoms with Crippen molar-refractivity contribution >= 4 is 34.5 Å². The number of nitrogens with two attached hydrogens (primary N) is 1. The molecule has 3 aliphatic heterocycles. The number of nitriles is 2. The van der Waals surface area contributed by atoms with Crippen molar-refractivity contribution in [2.75, 3.05) is 37.5 Å². The van der Waals surface area contributed by atoms with Crippen LogP contribution in [0.25, 0.3) is 0 Å². The number of hydrogen-bond donors (Lipinski definition) is 2. The number of hydrogen-bond acceptors (Lipinski definition) is 10. The number of rotatable bonds is 3. The third kappa shape index (κ3) is 8.09. The average molecular weight is 573 g/mol. The number of furan rings is 2. The largest absolute Gasteiger partial charge is 0.442 e. The Kier molecular flexibility index (Phi) is 10.6. The van der Waals surface area contributed by atoms with Crippen molar-refractivity contribution in [2.45, 2.75) is 64.6 Å². The molecule has 1 saturated heterocycles. The molecule has 0 bridgehead atoms. The number of halogens is 1. The van der Waals surface area contributed by atoms with Gasteiger partial charge in [0.05, 0.1) is 13.2 Å². The third-order valence-corrected chi connectivity index (χ3v) is 7.11. The summed E-state index contributed by atoms with van der Waals surface area (Å²) in [6.45, 7) is 4.04. The molecule has 11 nitrogen and oxygen atoms in total. The van der Waals surface area contributed by atoms with Gasteiger partial charge in [0.25, 0.3) is 0 Å². The fraction of sp³-hybridized carbons (Fsp3) is 0.571. The molecule has 2 aromatic rings. The van der Waals surface area contributed by atoms with Crippen molar-refractivity contribution in [3.05, 3.63) is 33.8 Å². The number of ether oxygens (including phenoxy) is 3. The lowest BCUT2D eigenvalue weighted by molar-refractivity contribution is -0.117. The molecule has 5 aliphatic rings. The molecule has 3 N–H and O–H groups in total. The SMILES string of the molecule is C1CCOC1.N#Cc1c(N)oc2c1CCOC2.N#Cc1c(NC(=O)C2CC2)oc2c1CCOC2.O=C(Cl)C1CC1. The first kappa shape index (κ1) is 29.6. The summed E-state index contributed by atoms with van der Waals surface area (Å²) in [6.07, 6.45) is 7.83. The summed E-state index contributed by atoms with van der Waals surface area (Å²) < 4.78 is 26.0. The van der Waals surface area contributed by atoms with Crippen molar-refractivity contribution in [3.8, 4) is 12.1 Å². The Hall–Kier alpha value is -3.35. The Labute approximate surface area is 237 Å². The van der Waals surface area contributed by atoms with Gasteiger partial charge in [0.15, 0.2) is 0 Å². The Bertz CT molecular complexity index is 1270. The van der Waals surface area contributed by atoms with Crippen LogP contribution in [-0.2, 0) is 49.9 Å². The van der Waals surface area contributed by atoms with Crippen LogP contribution in [-0.4, -0.2) is 37.6 Å². The number of fused-ring (bicyclic) bond motifs is 2. The van der Waals surface area contributed by atoms with Gasteiger partial charge in [0.1, 0.15) is 48.0 Å². The summed E-state index contributed by atoms with van der Waals surface area (Å²) in [4.78, 5) is 21.6. The molecule has 2 aliphatic carbocycles. The van der Waals surface area contributed by atoms with E-state index in [0.717, 1.165) is 56.4 Å². The lowest BCUT2D eigenvalue weighted by atomic mass is 10.1. The number of nitrogen functional groups attached to an aromatic ring is 1. The zero-order valence-corrected chi connectivity index (χ0v) is 23.0. The van der Waals surface area contributed by atoms with E-state index in [2.05, 4.69) is 11.4 Å². The molecule has 12 heteroatoms. The second-order valence-electron chi connectivity index (χ2n) is 9.94. The summed E-state index contributed by atoms with van der Waals surface area (Å²) >= 11 is 5.04. The molecule has 0 radical (unpaired) electrons. The van der Waals surface area contributed by atoms with Gasteiger partial charge in [-0.3, -0.25) is 14.9 Å². The van der Waals surface area contributed by atoms with Crippen molar-refractivity contribution < 1.29 is 32.6 Å². The lowest BCUT2D eigenvalue weighted by Gasteiger charge is -2.09. The van der Waals surface area contributed by atoms with E-state index in [4.69, 9.17) is 50.9 Å². The predicted octanol–water partition coefficient (Wildman–Crippen LogP) is 4.34. The lowest BCUT2D eigenvalue weighted by Crippen LogP contribution is -2.13. The second-order valence-corrected chi connectivity index (χ2v) is 10.3. The van der Waals surface area contributed by atoms with Crippen LogP contribution in [0.3, 0.4) is 0 Å². The van der Waals surface area contributed by atoms with Crippen molar-refractivity contribution in [1.82, 2.24) is 0 Å². The van der Waals surface area contributed by atoms with E-state index in [-0.39, 0.29) is 28.9 Å². The molecule has 0 unspecified atom stereocenters. The summed E-state index contributed by atoms with van der Waals surface area (Å²) in [5, 5.41) is 20.4. The highest BCUT2D eigenvalue weighted by molar-refractivity contribution is 6.64. The summed E-state index contributed by atoms with van der Waals surface area (Å²) in [7, 11) is 0. The molecule has 7 rings (SSSR count). The molecule has 3 fully saturated rings. The molecular formula is C28H33ClN4O7. The maximum Gasteiger partial charge on any atom is 0.229 e. The number of nitrogens with one attached hydrogen (secondary N) is 1. The third-order valence-electron chi connectivity index (χ3n) is 6.80. The quantitative estimate of drug-likeness (QED) is 0.503. The highest BCUT2D eigenvalue weighted by Gasteiger charge is 2.32. The van der Waals surface area contributed by atoms with Crippen LogP contribution in [0.1, 0.15) is 72.3 Å². The van der Waals surface area contributed by atoms with Crippen molar-refractivity contribution in [1.29, 1.82) is 10.5 Å². The first-order chi connectivity index (χ1) is 19.4. The summed E-state index contributed by atoms with van der Waals surface area (Å²) in [5.41, 5.74) is 8.22. The van der Waals surface area contributed by atoms with E-state index in [0.29, 0.717) is 61.4 Å². The van der Waals surface area contributed by atoms with Crippen LogP contribution in [0.2, 0.25) is 0 Å². The Balaban J connectivity index is 0.000000138. The maximum atomic E-state index is 11.6. The van der Waals surface area contributed by atoms with Gasteiger partial charge in [-0.05, 0) is 50.1 Å². The Morgan fingerprint density at radius 2 is 1.35 bits per heavy atom. The van der Waals surface area contributed by atoms with E-state index >= 15 is 0 Å². The molecule has 0 spiro atoms. The van der Waals surface area contributed by atoms with Gasteiger partial charge < -0.3 is 28.8 Å². The van der Waals surface area contributed by atoms with Gasteiger partial charge in [0.2, 0.25) is 22.9 Å². The fourth-order valence-electron chi connectivity index (χ4n) is 4.19. The van der Waals surface area contributed by atoms with E-state index in [1.54, 1.807) is 0 Å². The first-order valence-corrected chi connectivity index (χ1v) is 13.9. The van der Waals surface area contributed by atoms with E-state index < -0.39 is 0 Å². The van der Waals surface area contributed by atoms with Gasteiger partial charge in [-0.15, -0.1) is 0 Å². The standard InChI is InChI=1S/C12H12N2O3.C8H8N2O2.C4H5ClO.C4H8O/c13-5-9-8-3-4-16-6-10(8)17-12(9)14-11(15)7-1-2-7;9-3-6-5-1-2-11-4-7(5)12-8(6)10;5-4(6)3-1-2-3;1-2-4-5-3-1/h7H,1-4,6H2,(H,14,15);1-2,4,10H2;3H,1-2H2;1-4H2. The highest BCUT2D eigenvalue weighted by atomic mass is 35.5. The number of nitrogens with zero attached hydrogens (tertiary/aromatic N) is 2.